The predicted octanol–water partition coefficient (Wildman–Crippen LogP) is 3.42. The number of hydrogen-bond acceptors (Lipinski definition) is 8. The van der Waals surface area contributed by atoms with Crippen molar-refractivity contribution in [1.82, 2.24) is 9.97 Å². The smallest absolute Gasteiger partial charge is 0.413 e. The second-order valence-corrected chi connectivity index (χ2v) is 7.82. The molecule has 4 heterocycles. The van der Waals surface area contributed by atoms with Gasteiger partial charge in [-0.2, -0.15) is 0 Å². The number of carbonyl (C=O) groups is 1. The first-order valence-corrected chi connectivity index (χ1v) is 10.4. The van der Waals surface area contributed by atoms with Crippen LogP contribution in [-0.2, 0) is 9.47 Å². The van der Waals surface area contributed by atoms with E-state index in [-0.39, 0.29) is 30.3 Å². The predicted molar refractivity (Wildman–Crippen MR) is 118 cm³/mol. The quantitative estimate of drug-likeness (QED) is 0.512. The molecule has 2 aromatic heterocycles. The molecule has 2 aliphatic heterocycles. The maximum atomic E-state index is 15.2. The number of pyridine rings is 2. The van der Waals surface area contributed by atoms with E-state index < -0.39 is 24.2 Å². The van der Waals surface area contributed by atoms with Crippen molar-refractivity contribution >= 4 is 34.1 Å². The number of ether oxygens (including phenoxy) is 3. The lowest BCUT2D eigenvalue weighted by atomic mass is 9.97. The number of benzene rings is 1. The van der Waals surface area contributed by atoms with E-state index in [2.05, 4.69) is 20.6 Å². The summed E-state index contributed by atoms with van der Waals surface area (Å²) in [6.07, 6.45) is -0.314. The fourth-order valence-electron chi connectivity index (χ4n) is 3.94. The Morgan fingerprint density at radius 3 is 2.91 bits per heavy atom. The van der Waals surface area contributed by atoms with Crippen molar-refractivity contribution < 1.29 is 27.8 Å². The van der Waals surface area contributed by atoms with Gasteiger partial charge in [-0.25, -0.2) is 23.5 Å². The van der Waals surface area contributed by atoms with Crippen LogP contribution in [0, 0.1) is 12.7 Å². The zero-order chi connectivity index (χ0) is 23.1. The lowest BCUT2D eigenvalue weighted by molar-refractivity contribution is 0.0731. The number of nitrogens with two attached hydrogens (primary N) is 1. The number of rotatable bonds is 3. The van der Waals surface area contributed by atoms with Gasteiger partial charge in [-0.3, -0.25) is 5.32 Å². The third-order valence-electron chi connectivity index (χ3n) is 5.69. The molecule has 0 radical (unpaired) electrons. The number of halogens is 2. The van der Waals surface area contributed by atoms with Gasteiger partial charge in [0.05, 0.1) is 18.9 Å². The fraction of sp³-hybridized carbons (Fsp3) is 0.318. The van der Waals surface area contributed by atoms with Crippen LogP contribution in [0.4, 0.5) is 30.8 Å². The van der Waals surface area contributed by atoms with Gasteiger partial charge in [0.1, 0.15) is 18.1 Å². The molecular formula is C22H21F2N5O4. The van der Waals surface area contributed by atoms with Gasteiger partial charge in [-0.1, -0.05) is 0 Å². The van der Waals surface area contributed by atoms with Crippen LogP contribution in [0.2, 0.25) is 0 Å². The number of fused-ring (bicyclic) bond motifs is 2. The van der Waals surface area contributed by atoms with E-state index in [1.807, 2.05) is 6.92 Å². The molecule has 1 saturated heterocycles. The Bertz CT molecular complexity index is 1260. The van der Waals surface area contributed by atoms with Gasteiger partial charge in [0.2, 0.25) is 5.88 Å². The van der Waals surface area contributed by atoms with Crippen molar-refractivity contribution in [2.45, 2.75) is 19.2 Å². The number of nitrogens with zero attached hydrogens (tertiary/aromatic N) is 2. The summed E-state index contributed by atoms with van der Waals surface area (Å²) in [5.74, 6) is 0.0180. The number of alkyl halides is 1. The van der Waals surface area contributed by atoms with E-state index in [0.29, 0.717) is 41.1 Å². The Hall–Kier alpha value is -3.73. The maximum absolute atomic E-state index is 15.2. The van der Waals surface area contributed by atoms with Crippen LogP contribution in [0.1, 0.15) is 5.56 Å². The zero-order valence-corrected chi connectivity index (χ0v) is 17.7. The van der Waals surface area contributed by atoms with E-state index >= 15 is 4.39 Å². The van der Waals surface area contributed by atoms with Crippen molar-refractivity contribution in [3.05, 3.63) is 35.9 Å². The van der Waals surface area contributed by atoms with E-state index in [9.17, 15) is 9.18 Å². The van der Waals surface area contributed by atoms with Crippen molar-refractivity contribution in [3.8, 4) is 17.0 Å². The molecule has 0 unspecified atom stereocenters. The molecule has 9 nitrogen and oxygen atoms in total. The van der Waals surface area contributed by atoms with E-state index in [1.165, 1.54) is 12.3 Å². The van der Waals surface area contributed by atoms with Gasteiger partial charge < -0.3 is 25.3 Å². The Morgan fingerprint density at radius 1 is 1.27 bits per heavy atom. The molecule has 3 aromatic rings. The molecule has 0 spiro atoms. The third-order valence-corrected chi connectivity index (χ3v) is 5.69. The van der Waals surface area contributed by atoms with Crippen molar-refractivity contribution in [2.75, 3.05) is 42.7 Å². The van der Waals surface area contributed by atoms with Crippen molar-refractivity contribution in [3.63, 3.8) is 0 Å². The molecule has 11 heteroatoms. The normalized spacial score (nSPS) is 19.5. The van der Waals surface area contributed by atoms with Gasteiger partial charge >= 0.3 is 6.09 Å². The minimum atomic E-state index is -1.38. The molecule has 172 valence electrons. The molecule has 2 atom stereocenters. The highest BCUT2D eigenvalue weighted by molar-refractivity contribution is 5.99. The number of amides is 1. The summed E-state index contributed by atoms with van der Waals surface area (Å²) < 4.78 is 44.4. The number of anilines is 3. The number of nitrogens with one attached hydrogen (secondary N) is 2. The summed E-state index contributed by atoms with van der Waals surface area (Å²) in [6, 6.07) is 3.15. The second kappa shape index (κ2) is 8.32. The molecule has 0 saturated carbocycles. The monoisotopic (exact) mass is 457 g/mol. The SMILES string of the molecule is Cc1c(-c2cc3cc(NC(=O)O[C@@H]4COC[C@H]4F)ncc3c(N)c2F)cnc2c1NCCO2. The molecule has 0 bridgehead atoms. The summed E-state index contributed by atoms with van der Waals surface area (Å²) >= 11 is 0. The number of aromatic nitrogens is 2. The Balaban J connectivity index is 1.48. The molecule has 4 N–H and O–H groups in total. The van der Waals surface area contributed by atoms with Gasteiger partial charge in [-0.05, 0) is 30.0 Å². The average Bonchev–Trinajstić information content (AvgIpc) is 3.21. The van der Waals surface area contributed by atoms with Crippen LogP contribution in [0.25, 0.3) is 21.9 Å². The topological polar surface area (TPSA) is 121 Å². The first-order valence-electron chi connectivity index (χ1n) is 10.4. The second-order valence-electron chi connectivity index (χ2n) is 7.82. The number of nitrogen functional groups attached to an aromatic ring is 1. The average molecular weight is 457 g/mol. The maximum Gasteiger partial charge on any atom is 0.413 e. The first-order chi connectivity index (χ1) is 15.9. The van der Waals surface area contributed by atoms with Crippen LogP contribution < -0.4 is 21.1 Å². The van der Waals surface area contributed by atoms with Gasteiger partial charge in [0, 0.05) is 35.5 Å². The van der Waals surface area contributed by atoms with Crippen LogP contribution in [0.3, 0.4) is 0 Å². The summed E-state index contributed by atoms with van der Waals surface area (Å²) in [5, 5.41) is 6.61. The largest absolute Gasteiger partial charge is 0.474 e. The highest BCUT2D eigenvalue weighted by Crippen LogP contribution is 2.39. The lowest BCUT2D eigenvalue weighted by Gasteiger charge is -2.22. The lowest BCUT2D eigenvalue weighted by Crippen LogP contribution is -2.29. The van der Waals surface area contributed by atoms with E-state index in [1.54, 1.807) is 12.3 Å². The molecular weight excluding hydrogens is 436 g/mol. The molecule has 1 amide bonds. The van der Waals surface area contributed by atoms with E-state index in [0.717, 1.165) is 5.56 Å². The Morgan fingerprint density at radius 2 is 2.12 bits per heavy atom. The molecule has 0 aliphatic carbocycles. The molecule has 1 fully saturated rings. The zero-order valence-electron chi connectivity index (χ0n) is 17.7. The summed E-state index contributed by atoms with van der Waals surface area (Å²) in [7, 11) is 0. The number of hydrogen-bond donors (Lipinski definition) is 3. The Kier molecular flexibility index (Phi) is 5.33. The minimum absolute atomic E-state index is 0.00698. The first kappa shape index (κ1) is 21.1. The molecule has 5 rings (SSSR count). The highest BCUT2D eigenvalue weighted by atomic mass is 19.1. The van der Waals surface area contributed by atoms with E-state index in [4.69, 9.17) is 19.9 Å². The third kappa shape index (κ3) is 3.84. The number of carbonyl (C=O) groups excluding carboxylic acids is 1. The van der Waals surface area contributed by atoms with Crippen LogP contribution in [-0.4, -0.2) is 54.7 Å². The molecule has 1 aromatic carbocycles. The van der Waals surface area contributed by atoms with Crippen LogP contribution >= 0.6 is 0 Å². The highest BCUT2D eigenvalue weighted by Gasteiger charge is 2.31. The van der Waals surface area contributed by atoms with Gasteiger partial charge in [-0.15, -0.1) is 0 Å². The molecule has 2 aliphatic rings. The summed E-state index contributed by atoms with van der Waals surface area (Å²) in [6.45, 7) is 2.85. The van der Waals surface area contributed by atoms with Crippen molar-refractivity contribution in [1.29, 1.82) is 0 Å². The van der Waals surface area contributed by atoms with Crippen molar-refractivity contribution in [2.24, 2.45) is 0 Å². The Labute approximate surface area is 187 Å². The summed E-state index contributed by atoms with van der Waals surface area (Å²) in [4.78, 5) is 20.5. The van der Waals surface area contributed by atoms with Crippen LogP contribution in [0.5, 0.6) is 5.88 Å². The van der Waals surface area contributed by atoms with Crippen LogP contribution in [0.15, 0.2) is 24.5 Å². The standard InChI is InChI=1S/C22H21F2N5O4/c1-10-13(6-28-21-20(10)26-2-3-32-21)12-4-11-5-17(27-7-14(11)19(25)18(12)24)29-22(30)33-16-9-31-8-15(16)23/h4-7,15-16,26H,2-3,8-9,25H2,1H3,(H,27,29,30)/t15-,16-/m1/s1. The van der Waals surface area contributed by atoms with Gasteiger partial charge in [0.25, 0.3) is 0 Å². The fourth-order valence-corrected chi connectivity index (χ4v) is 3.94. The molecule has 33 heavy (non-hydrogen) atoms. The van der Waals surface area contributed by atoms with Gasteiger partial charge in [0.15, 0.2) is 18.1 Å². The minimum Gasteiger partial charge on any atom is -0.474 e. The summed E-state index contributed by atoms with van der Waals surface area (Å²) in [5.41, 5.74) is 8.29.